The van der Waals surface area contributed by atoms with Gasteiger partial charge < -0.3 is 5.32 Å². The lowest BCUT2D eigenvalue weighted by molar-refractivity contribution is 0.785. The molecular formula is C17H20ClN5. The van der Waals surface area contributed by atoms with Gasteiger partial charge in [-0.3, -0.25) is 4.68 Å². The summed E-state index contributed by atoms with van der Waals surface area (Å²) in [5.74, 6) is 1.23. The zero-order valence-electron chi connectivity index (χ0n) is 13.7. The van der Waals surface area contributed by atoms with E-state index in [1.54, 1.807) is 10.9 Å². The number of hydrogen-bond donors (Lipinski definition) is 1. The van der Waals surface area contributed by atoms with E-state index in [4.69, 9.17) is 11.6 Å². The van der Waals surface area contributed by atoms with Crippen LogP contribution in [0.15, 0.2) is 30.5 Å². The SMILES string of the molecule is CC(C)c1ccc(C(C)Nc2nc(Cl)nc3c2cnn3C)cc1. The fourth-order valence-electron chi connectivity index (χ4n) is 2.56. The van der Waals surface area contributed by atoms with Crippen molar-refractivity contribution in [1.82, 2.24) is 19.7 Å². The molecule has 0 radical (unpaired) electrons. The van der Waals surface area contributed by atoms with Crippen LogP contribution in [0.4, 0.5) is 5.82 Å². The molecule has 6 heteroatoms. The fourth-order valence-corrected chi connectivity index (χ4v) is 2.73. The molecule has 3 aromatic rings. The average molecular weight is 330 g/mol. The zero-order chi connectivity index (χ0) is 16.6. The minimum Gasteiger partial charge on any atom is -0.363 e. The molecule has 5 nitrogen and oxygen atoms in total. The first-order chi connectivity index (χ1) is 11.0. The van der Waals surface area contributed by atoms with E-state index in [9.17, 15) is 0 Å². The van der Waals surface area contributed by atoms with Gasteiger partial charge in [0.2, 0.25) is 5.28 Å². The number of hydrogen-bond acceptors (Lipinski definition) is 4. The van der Waals surface area contributed by atoms with Crippen LogP contribution in [-0.2, 0) is 7.05 Å². The van der Waals surface area contributed by atoms with Crippen molar-refractivity contribution >= 4 is 28.5 Å². The highest BCUT2D eigenvalue weighted by molar-refractivity contribution is 6.28. The van der Waals surface area contributed by atoms with Gasteiger partial charge in [-0.05, 0) is 35.6 Å². The molecule has 2 heterocycles. The van der Waals surface area contributed by atoms with Crippen molar-refractivity contribution < 1.29 is 0 Å². The number of anilines is 1. The largest absolute Gasteiger partial charge is 0.363 e. The van der Waals surface area contributed by atoms with Crippen LogP contribution >= 0.6 is 11.6 Å². The van der Waals surface area contributed by atoms with Gasteiger partial charge >= 0.3 is 0 Å². The lowest BCUT2D eigenvalue weighted by Gasteiger charge is -2.16. The number of nitrogens with one attached hydrogen (secondary N) is 1. The predicted molar refractivity (Wildman–Crippen MR) is 93.9 cm³/mol. The van der Waals surface area contributed by atoms with Crippen molar-refractivity contribution in [3.05, 3.63) is 46.9 Å². The molecule has 3 rings (SSSR count). The van der Waals surface area contributed by atoms with E-state index >= 15 is 0 Å². The van der Waals surface area contributed by atoms with Crippen molar-refractivity contribution in [1.29, 1.82) is 0 Å². The van der Waals surface area contributed by atoms with Crippen molar-refractivity contribution in [2.75, 3.05) is 5.32 Å². The maximum Gasteiger partial charge on any atom is 0.226 e. The molecule has 1 N–H and O–H groups in total. The number of nitrogens with zero attached hydrogens (tertiary/aromatic N) is 4. The van der Waals surface area contributed by atoms with Gasteiger partial charge in [-0.2, -0.15) is 15.1 Å². The van der Waals surface area contributed by atoms with E-state index in [1.165, 1.54) is 11.1 Å². The highest BCUT2D eigenvalue weighted by atomic mass is 35.5. The quantitative estimate of drug-likeness (QED) is 0.724. The Kier molecular flexibility index (Phi) is 4.22. The first kappa shape index (κ1) is 15.7. The van der Waals surface area contributed by atoms with Crippen LogP contribution in [0, 0.1) is 0 Å². The van der Waals surface area contributed by atoms with Crippen LogP contribution in [0.5, 0.6) is 0 Å². The van der Waals surface area contributed by atoms with E-state index in [-0.39, 0.29) is 11.3 Å². The summed E-state index contributed by atoms with van der Waals surface area (Å²) >= 11 is 6.03. The standard InChI is InChI=1S/C17H20ClN5/c1-10(2)12-5-7-13(8-6-12)11(3)20-15-14-9-19-23(4)16(14)22-17(18)21-15/h5-11H,1-4H3,(H,20,21,22). The van der Waals surface area contributed by atoms with Gasteiger partial charge in [-0.15, -0.1) is 0 Å². The van der Waals surface area contributed by atoms with E-state index in [0.717, 1.165) is 11.0 Å². The Hall–Kier alpha value is -2.14. The third kappa shape index (κ3) is 3.15. The minimum absolute atomic E-state index is 0.102. The summed E-state index contributed by atoms with van der Waals surface area (Å²) in [6.07, 6.45) is 1.75. The van der Waals surface area contributed by atoms with Gasteiger partial charge in [0.15, 0.2) is 5.65 Å². The highest BCUT2D eigenvalue weighted by Gasteiger charge is 2.14. The number of aromatic nitrogens is 4. The highest BCUT2D eigenvalue weighted by Crippen LogP contribution is 2.26. The molecule has 1 aromatic carbocycles. The van der Waals surface area contributed by atoms with Crippen molar-refractivity contribution in [2.45, 2.75) is 32.7 Å². The summed E-state index contributed by atoms with van der Waals surface area (Å²) in [7, 11) is 1.84. The third-order valence-corrected chi connectivity index (χ3v) is 4.19. The normalized spacial score (nSPS) is 12.8. The lowest BCUT2D eigenvalue weighted by Crippen LogP contribution is -2.09. The molecule has 1 unspecified atom stereocenters. The fraction of sp³-hybridized carbons (Fsp3) is 0.353. The molecule has 0 bridgehead atoms. The zero-order valence-corrected chi connectivity index (χ0v) is 14.5. The Morgan fingerprint density at radius 2 is 1.70 bits per heavy atom. The molecule has 0 saturated heterocycles. The number of halogens is 1. The van der Waals surface area contributed by atoms with Gasteiger partial charge in [0.1, 0.15) is 5.82 Å². The van der Waals surface area contributed by atoms with Crippen LogP contribution in [0.2, 0.25) is 5.28 Å². The Labute approximate surface area is 140 Å². The topological polar surface area (TPSA) is 55.6 Å². The van der Waals surface area contributed by atoms with Gasteiger partial charge in [-0.1, -0.05) is 38.1 Å². The Balaban J connectivity index is 1.89. The number of benzene rings is 1. The number of fused-ring (bicyclic) bond motifs is 1. The summed E-state index contributed by atoms with van der Waals surface area (Å²) < 4.78 is 1.69. The average Bonchev–Trinajstić information content (AvgIpc) is 2.89. The predicted octanol–water partition coefficient (Wildman–Crippen LogP) is 4.31. The first-order valence-electron chi connectivity index (χ1n) is 7.67. The number of rotatable bonds is 4. The van der Waals surface area contributed by atoms with Crippen molar-refractivity contribution in [3.63, 3.8) is 0 Å². The third-order valence-electron chi connectivity index (χ3n) is 4.02. The van der Waals surface area contributed by atoms with Gasteiger partial charge in [0.05, 0.1) is 11.6 Å². The molecule has 0 amide bonds. The summed E-state index contributed by atoms with van der Waals surface area (Å²) in [5, 5.41) is 8.72. The van der Waals surface area contributed by atoms with E-state index in [0.29, 0.717) is 11.7 Å². The molecule has 23 heavy (non-hydrogen) atoms. The van der Waals surface area contributed by atoms with Gasteiger partial charge in [-0.25, -0.2) is 0 Å². The van der Waals surface area contributed by atoms with Crippen LogP contribution in [-0.4, -0.2) is 19.7 Å². The Bertz CT molecular complexity index is 823. The first-order valence-corrected chi connectivity index (χ1v) is 8.05. The smallest absolute Gasteiger partial charge is 0.226 e. The van der Waals surface area contributed by atoms with Gasteiger partial charge in [0.25, 0.3) is 0 Å². The van der Waals surface area contributed by atoms with Crippen molar-refractivity contribution in [2.24, 2.45) is 7.05 Å². The Morgan fingerprint density at radius 3 is 2.35 bits per heavy atom. The maximum absolute atomic E-state index is 6.03. The second kappa shape index (κ2) is 6.16. The van der Waals surface area contributed by atoms with Crippen LogP contribution in [0.3, 0.4) is 0 Å². The Morgan fingerprint density at radius 1 is 1.04 bits per heavy atom. The molecule has 120 valence electrons. The van der Waals surface area contributed by atoms with Gasteiger partial charge in [0, 0.05) is 13.1 Å². The van der Waals surface area contributed by atoms with E-state index < -0.39 is 0 Å². The van der Waals surface area contributed by atoms with E-state index in [1.807, 2.05) is 7.05 Å². The molecule has 0 fully saturated rings. The van der Waals surface area contributed by atoms with E-state index in [2.05, 4.69) is 65.4 Å². The second-order valence-corrected chi connectivity index (χ2v) is 6.37. The van der Waals surface area contributed by atoms with Crippen LogP contribution in [0.1, 0.15) is 43.9 Å². The molecule has 2 aromatic heterocycles. The molecule has 0 saturated carbocycles. The maximum atomic E-state index is 6.03. The molecular weight excluding hydrogens is 310 g/mol. The van der Waals surface area contributed by atoms with Crippen molar-refractivity contribution in [3.8, 4) is 0 Å². The second-order valence-electron chi connectivity index (χ2n) is 6.03. The lowest BCUT2D eigenvalue weighted by atomic mass is 9.99. The molecule has 0 spiro atoms. The summed E-state index contributed by atoms with van der Waals surface area (Å²) in [6.45, 7) is 6.49. The summed E-state index contributed by atoms with van der Waals surface area (Å²) in [4.78, 5) is 8.54. The monoisotopic (exact) mass is 329 g/mol. The van der Waals surface area contributed by atoms with Crippen LogP contribution in [0.25, 0.3) is 11.0 Å². The van der Waals surface area contributed by atoms with Crippen LogP contribution < -0.4 is 5.32 Å². The molecule has 0 aliphatic heterocycles. The minimum atomic E-state index is 0.102. The molecule has 0 aliphatic carbocycles. The molecule has 1 atom stereocenters. The number of aryl methyl sites for hydroxylation is 1. The summed E-state index contributed by atoms with van der Waals surface area (Å²) in [6, 6.07) is 8.74. The summed E-state index contributed by atoms with van der Waals surface area (Å²) in [5.41, 5.74) is 3.25. The molecule has 0 aliphatic rings.